The van der Waals surface area contributed by atoms with E-state index in [0.29, 0.717) is 25.7 Å². The molecule has 0 bridgehead atoms. The van der Waals surface area contributed by atoms with E-state index in [1.54, 1.807) is 0 Å². The third-order valence-corrected chi connectivity index (χ3v) is 18.9. The first kappa shape index (κ1) is 89.1. The summed E-state index contributed by atoms with van der Waals surface area (Å²) in [5.41, 5.74) is 0. The molecule has 0 amide bonds. The summed E-state index contributed by atoms with van der Waals surface area (Å²) in [6.07, 6.45) is 47.1. The highest BCUT2D eigenvalue weighted by Gasteiger charge is 2.30. The lowest BCUT2D eigenvalue weighted by Gasteiger charge is -2.21. The number of esters is 4. The molecule has 0 rings (SSSR count). The Morgan fingerprint density at radius 1 is 0.319 bits per heavy atom. The third kappa shape index (κ3) is 65.1. The van der Waals surface area contributed by atoms with Gasteiger partial charge in [-0.3, -0.25) is 37.3 Å². The minimum atomic E-state index is -4.95. The second kappa shape index (κ2) is 62.8. The molecule has 3 unspecified atom stereocenters. The van der Waals surface area contributed by atoms with Gasteiger partial charge in [-0.1, -0.05) is 312 Å². The van der Waals surface area contributed by atoms with Gasteiger partial charge in [-0.15, -0.1) is 0 Å². The summed E-state index contributed by atoms with van der Waals surface area (Å²) in [5.74, 6) is 0.156. The number of ether oxygens (including phenoxy) is 4. The molecule has 0 aromatic carbocycles. The summed E-state index contributed by atoms with van der Waals surface area (Å²) < 4.78 is 68.4. The van der Waals surface area contributed by atoms with Crippen molar-refractivity contribution in [3.63, 3.8) is 0 Å². The Labute approximate surface area is 556 Å². The molecule has 0 radical (unpaired) electrons. The van der Waals surface area contributed by atoms with Crippen molar-refractivity contribution >= 4 is 39.5 Å². The average Bonchev–Trinajstić information content (AvgIpc) is 3.04. The predicted octanol–water partition coefficient (Wildman–Crippen LogP) is 20.6. The number of rotatable bonds is 70. The Bertz CT molecular complexity index is 1790. The van der Waals surface area contributed by atoms with Crippen LogP contribution in [0.5, 0.6) is 0 Å². The quantitative estimate of drug-likeness (QED) is 0.0222. The van der Waals surface area contributed by atoms with Crippen molar-refractivity contribution in [2.75, 3.05) is 39.6 Å². The van der Waals surface area contributed by atoms with Gasteiger partial charge in [0.15, 0.2) is 12.2 Å². The van der Waals surface area contributed by atoms with Gasteiger partial charge in [-0.05, 0) is 43.4 Å². The van der Waals surface area contributed by atoms with E-state index in [1.807, 2.05) is 0 Å². The average molecular weight is 1340 g/mol. The molecule has 3 N–H and O–H groups in total. The minimum Gasteiger partial charge on any atom is -0.462 e. The van der Waals surface area contributed by atoms with Crippen molar-refractivity contribution < 1.29 is 80.2 Å². The Kier molecular flexibility index (Phi) is 61.5. The zero-order chi connectivity index (χ0) is 67.3. The molecule has 91 heavy (non-hydrogen) atoms. The van der Waals surface area contributed by atoms with Gasteiger partial charge in [0.1, 0.15) is 19.3 Å². The van der Waals surface area contributed by atoms with Crippen LogP contribution in [0.15, 0.2) is 0 Å². The fourth-order valence-corrected chi connectivity index (χ4v) is 12.4. The van der Waals surface area contributed by atoms with E-state index in [2.05, 4.69) is 48.5 Å². The number of carbonyl (C=O) groups is 4. The predicted molar refractivity (Wildman–Crippen MR) is 368 cm³/mol. The van der Waals surface area contributed by atoms with Crippen LogP contribution in [0.4, 0.5) is 0 Å². The van der Waals surface area contributed by atoms with E-state index in [1.165, 1.54) is 167 Å². The topological polar surface area (TPSA) is 237 Å². The monoisotopic (exact) mass is 1340 g/mol. The smallest absolute Gasteiger partial charge is 0.462 e. The zero-order valence-electron chi connectivity index (χ0n) is 59.3. The molecule has 0 spiro atoms. The minimum absolute atomic E-state index is 0.106. The number of phosphoric ester groups is 2. The van der Waals surface area contributed by atoms with E-state index in [9.17, 15) is 43.2 Å². The summed E-state index contributed by atoms with van der Waals surface area (Å²) >= 11 is 0. The van der Waals surface area contributed by atoms with E-state index >= 15 is 0 Å². The number of phosphoric acid groups is 2. The molecule has 0 saturated heterocycles. The van der Waals surface area contributed by atoms with Crippen LogP contribution < -0.4 is 0 Å². The van der Waals surface area contributed by atoms with Gasteiger partial charge in [-0.25, -0.2) is 9.13 Å². The van der Waals surface area contributed by atoms with E-state index < -0.39 is 97.5 Å². The maximum Gasteiger partial charge on any atom is 0.472 e. The van der Waals surface area contributed by atoms with Crippen LogP contribution in [0.1, 0.15) is 363 Å². The largest absolute Gasteiger partial charge is 0.472 e. The molecule has 0 heterocycles. The van der Waals surface area contributed by atoms with Gasteiger partial charge >= 0.3 is 39.5 Å². The Morgan fingerprint density at radius 2 is 0.560 bits per heavy atom. The zero-order valence-corrected chi connectivity index (χ0v) is 61.1. The molecule has 17 nitrogen and oxygen atoms in total. The van der Waals surface area contributed by atoms with Crippen LogP contribution in [0.3, 0.4) is 0 Å². The van der Waals surface area contributed by atoms with Crippen LogP contribution in [0, 0.1) is 17.8 Å². The van der Waals surface area contributed by atoms with Crippen LogP contribution in [-0.2, 0) is 65.4 Å². The lowest BCUT2D eigenvalue weighted by atomic mass is 10.00. The van der Waals surface area contributed by atoms with Crippen LogP contribution >= 0.6 is 15.6 Å². The molecule has 0 aliphatic carbocycles. The Balaban J connectivity index is 5.26. The summed E-state index contributed by atoms with van der Waals surface area (Å²) in [6, 6.07) is 0. The standard InChI is InChI=1S/C72H140O17P2/c1-8-10-11-12-13-14-15-21-27-32-41-48-55-71(76)89-68(60-83-70(75)54-47-40-35-34-38-45-52-65(7)9-2)62-87-91(80,81)85-58-66(73)57-84-90(78,79)86-61-67(59-82-69(74)53-46-39-31-26-23-18-20-25-30-37-44-51-64(5)6)88-72(77)56-49-42-33-28-22-17-16-19-24-29-36-43-50-63(3)4/h63-68,73H,8-62H2,1-7H3,(H,78,79)(H,80,81)/t65?,66-,67-,68-/m1/s1. The van der Waals surface area contributed by atoms with Gasteiger partial charge < -0.3 is 33.8 Å². The van der Waals surface area contributed by atoms with Crippen molar-refractivity contribution in [1.29, 1.82) is 0 Å². The number of carbonyl (C=O) groups excluding carboxylic acids is 4. The third-order valence-electron chi connectivity index (χ3n) is 17.0. The molecule has 0 aliphatic heterocycles. The van der Waals surface area contributed by atoms with Gasteiger partial charge in [0, 0.05) is 25.7 Å². The SMILES string of the molecule is CCCCCCCCCCCCCCC(=O)O[C@H](COC(=O)CCCCCCCCC(C)CC)COP(=O)(O)OC[C@H](O)COP(=O)(O)OC[C@@H](COC(=O)CCCCCCCCCCCCCC(C)C)OC(=O)CCCCCCCCCCCCCCC(C)C. The summed E-state index contributed by atoms with van der Waals surface area (Å²) in [6.45, 7) is 11.8. The lowest BCUT2D eigenvalue weighted by molar-refractivity contribution is -0.161. The van der Waals surface area contributed by atoms with E-state index in [0.717, 1.165) is 114 Å². The number of unbranched alkanes of at least 4 members (excludes halogenated alkanes) is 37. The maximum atomic E-state index is 13.0. The molecule has 0 fully saturated rings. The summed E-state index contributed by atoms with van der Waals surface area (Å²) in [4.78, 5) is 72.6. The highest BCUT2D eigenvalue weighted by atomic mass is 31.2. The molecular weight excluding hydrogens is 1200 g/mol. The molecule has 6 atom stereocenters. The Morgan fingerprint density at radius 3 is 0.835 bits per heavy atom. The van der Waals surface area contributed by atoms with Gasteiger partial charge in [0.2, 0.25) is 0 Å². The van der Waals surface area contributed by atoms with Crippen LogP contribution in [0.2, 0.25) is 0 Å². The Hall–Kier alpha value is -1.94. The normalized spacial score (nSPS) is 14.5. The van der Waals surface area contributed by atoms with Gasteiger partial charge in [0.25, 0.3) is 0 Å². The first-order chi connectivity index (χ1) is 43.8. The second-order valence-corrected chi connectivity index (χ2v) is 30.1. The summed E-state index contributed by atoms with van der Waals surface area (Å²) in [5, 5.41) is 10.6. The summed E-state index contributed by atoms with van der Waals surface area (Å²) in [7, 11) is -9.90. The fourth-order valence-electron chi connectivity index (χ4n) is 10.9. The van der Waals surface area contributed by atoms with Crippen LogP contribution in [0.25, 0.3) is 0 Å². The number of hydrogen-bond donors (Lipinski definition) is 3. The van der Waals surface area contributed by atoms with Crippen LogP contribution in [-0.4, -0.2) is 96.7 Å². The molecule has 0 saturated carbocycles. The molecule has 0 aliphatic rings. The highest BCUT2D eigenvalue weighted by molar-refractivity contribution is 7.47. The highest BCUT2D eigenvalue weighted by Crippen LogP contribution is 2.45. The molecule has 0 aromatic heterocycles. The molecule has 0 aromatic rings. The van der Waals surface area contributed by atoms with Crippen molar-refractivity contribution in [3.8, 4) is 0 Å². The molecular formula is C72H140O17P2. The second-order valence-electron chi connectivity index (χ2n) is 27.2. The van der Waals surface area contributed by atoms with Crippen molar-refractivity contribution in [1.82, 2.24) is 0 Å². The number of aliphatic hydroxyl groups is 1. The first-order valence-corrected chi connectivity index (χ1v) is 40.4. The maximum absolute atomic E-state index is 13.0. The van der Waals surface area contributed by atoms with Gasteiger partial charge in [-0.2, -0.15) is 0 Å². The fraction of sp³-hybridized carbons (Fsp3) is 0.944. The van der Waals surface area contributed by atoms with Crippen molar-refractivity contribution in [3.05, 3.63) is 0 Å². The first-order valence-electron chi connectivity index (χ1n) is 37.4. The number of aliphatic hydroxyl groups excluding tert-OH is 1. The number of hydrogen-bond acceptors (Lipinski definition) is 15. The van der Waals surface area contributed by atoms with E-state index in [-0.39, 0.29) is 25.7 Å². The van der Waals surface area contributed by atoms with Crippen molar-refractivity contribution in [2.45, 2.75) is 381 Å². The van der Waals surface area contributed by atoms with E-state index in [4.69, 9.17) is 37.0 Å². The lowest BCUT2D eigenvalue weighted by Crippen LogP contribution is -2.30. The molecule has 540 valence electrons. The molecule has 19 heteroatoms. The van der Waals surface area contributed by atoms with Crippen molar-refractivity contribution in [2.24, 2.45) is 17.8 Å². The van der Waals surface area contributed by atoms with Gasteiger partial charge in [0.05, 0.1) is 26.4 Å².